The predicted octanol–water partition coefficient (Wildman–Crippen LogP) is 4.49. The van der Waals surface area contributed by atoms with Gasteiger partial charge >= 0.3 is 0 Å². The number of sulfonamides is 1. The van der Waals surface area contributed by atoms with E-state index in [-0.39, 0.29) is 12.5 Å². The Labute approximate surface area is 223 Å². The minimum absolute atomic E-state index is 0.00771. The molecule has 0 fully saturated rings. The molecule has 2 rings (SSSR count). The van der Waals surface area contributed by atoms with Gasteiger partial charge in [0.05, 0.1) is 18.6 Å². The summed E-state index contributed by atoms with van der Waals surface area (Å²) in [5.74, 6) is -0.276. The fourth-order valence-electron chi connectivity index (χ4n) is 3.61. The number of ether oxygens (including phenoxy) is 1. The molecule has 0 heterocycles. The van der Waals surface area contributed by atoms with Crippen LogP contribution in [0.15, 0.2) is 42.5 Å². The number of benzene rings is 2. The zero-order valence-corrected chi connectivity index (χ0v) is 23.3. The van der Waals surface area contributed by atoms with Crippen LogP contribution < -0.4 is 14.4 Å². The average Bonchev–Trinajstić information content (AvgIpc) is 2.82. The number of nitrogens with zero attached hydrogens (tertiary/aromatic N) is 2. The molecule has 0 bridgehead atoms. The molecule has 1 unspecified atom stereocenters. The van der Waals surface area contributed by atoms with Gasteiger partial charge in [-0.3, -0.25) is 13.9 Å². The number of anilines is 1. The van der Waals surface area contributed by atoms with Crippen molar-refractivity contribution in [3.05, 3.63) is 58.1 Å². The van der Waals surface area contributed by atoms with E-state index in [0.29, 0.717) is 46.6 Å². The topological polar surface area (TPSA) is 96.0 Å². The van der Waals surface area contributed by atoms with E-state index in [2.05, 4.69) is 5.32 Å². The molecule has 8 nitrogen and oxygen atoms in total. The molecule has 2 aromatic rings. The van der Waals surface area contributed by atoms with Gasteiger partial charge < -0.3 is 15.0 Å². The predicted molar refractivity (Wildman–Crippen MR) is 144 cm³/mol. The van der Waals surface area contributed by atoms with Crippen LogP contribution in [0.5, 0.6) is 5.75 Å². The maximum Gasteiger partial charge on any atom is 0.244 e. The second kappa shape index (κ2) is 13.7. The quantitative estimate of drug-likeness (QED) is 0.391. The number of carbonyl (C=O) groups is 2. The Morgan fingerprint density at radius 3 is 2.25 bits per heavy atom. The van der Waals surface area contributed by atoms with Crippen LogP contribution in [-0.4, -0.2) is 57.1 Å². The molecule has 0 aromatic heterocycles. The number of hydrogen-bond acceptors (Lipinski definition) is 5. The summed E-state index contributed by atoms with van der Waals surface area (Å²) in [6.45, 7) is 6.01. The van der Waals surface area contributed by atoms with Gasteiger partial charge in [-0.15, -0.1) is 0 Å². The highest BCUT2D eigenvalue weighted by atomic mass is 35.5. The number of amides is 2. The van der Waals surface area contributed by atoms with Crippen LogP contribution in [0.2, 0.25) is 10.0 Å². The first kappa shape index (κ1) is 29.7. The maximum absolute atomic E-state index is 13.7. The molecule has 1 N–H and O–H groups in total. The minimum Gasteiger partial charge on any atom is -0.494 e. The Morgan fingerprint density at radius 2 is 1.72 bits per heavy atom. The van der Waals surface area contributed by atoms with Crippen molar-refractivity contribution in [3.63, 3.8) is 0 Å². The van der Waals surface area contributed by atoms with Gasteiger partial charge in [0, 0.05) is 23.1 Å². The lowest BCUT2D eigenvalue weighted by molar-refractivity contribution is -0.140. The van der Waals surface area contributed by atoms with Crippen molar-refractivity contribution in [1.29, 1.82) is 0 Å². The van der Waals surface area contributed by atoms with E-state index in [9.17, 15) is 18.0 Å². The number of halogens is 2. The summed E-state index contributed by atoms with van der Waals surface area (Å²) in [5.41, 5.74) is 0.894. The zero-order valence-electron chi connectivity index (χ0n) is 21.0. The van der Waals surface area contributed by atoms with Gasteiger partial charge in [-0.05, 0) is 61.7 Å². The van der Waals surface area contributed by atoms with Crippen LogP contribution in [0.25, 0.3) is 0 Å². The van der Waals surface area contributed by atoms with Crippen LogP contribution in [0.1, 0.15) is 39.2 Å². The fraction of sp³-hybridized carbons (Fsp3) is 0.440. The molecule has 0 aliphatic rings. The second-order valence-corrected chi connectivity index (χ2v) is 10.9. The molecule has 1 atom stereocenters. The SMILES string of the molecule is CCCNC(=O)C(CC)N(Cc1ccc(Cl)cc1Cl)C(=O)CN(c1ccc(OCC)cc1)S(C)(=O)=O. The lowest BCUT2D eigenvalue weighted by Crippen LogP contribution is -2.52. The summed E-state index contributed by atoms with van der Waals surface area (Å²) in [4.78, 5) is 28.0. The fourth-order valence-corrected chi connectivity index (χ4v) is 4.93. The van der Waals surface area contributed by atoms with Gasteiger partial charge in [0.1, 0.15) is 18.3 Å². The van der Waals surface area contributed by atoms with E-state index in [4.69, 9.17) is 27.9 Å². The summed E-state index contributed by atoms with van der Waals surface area (Å²) < 4.78 is 31.8. The molecule has 0 radical (unpaired) electrons. The summed E-state index contributed by atoms with van der Waals surface area (Å²) in [6, 6.07) is 10.5. The molecule has 0 aliphatic carbocycles. The first-order valence-electron chi connectivity index (χ1n) is 11.7. The van der Waals surface area contributed by atoms with Gasteiger partial charge in [0.15, 0.2) is 0 Å². The van der Waals surface area contributed by atoms with Crippen molar-refractivity contribution in [2.45, 2.75) is 46.2 Å². The highest BCUT2D eigenvalue weighted by Gasteiger charge is 2.32. The molecule has 2 amide bonds. The monoisotopic (exact) mass is 557 g/mol. The molecule has 36 heavy (non-hydrogen) atoms. The lowest BCUT2D eigenvalue weighted by atomic mass is 10.1. The number of carbonyl (C=O) groups excluding carboxylic acids is 2. The standard InChI is InChI=1S/C25H33Cl2N3O5S/c1-5-14-28-25(32)23(6-2)29(16-18-8-9-19(26)15-22(18)27)24(31)17-30(36(4,33)34)20-10-12-21(13-11-20)35-7-3/h8-13,15,23H,5-7,14,16-17H2,1-4H3,(H,28,32). The van der Waals surface area contributed by atoms with Gasteiger partial charge in [0.2, 0.25) is 21.8 Å². The highest BCUT2D eigenvalue weighted by molar-refractivity contribution is 7.92. The van der Waals surface area contributed by atoms with Crippen molar-refractivity contribution >= 4 is 50.7 Å². The van der Waals surface area contributed by atoms with Crippen molar-refractivity contribution in [2.75, 3.05) is 30.3 Å². The Morgan fingerprint density at radius 1 is 1.06 bits per heavy atom. The van der Waals surface area contributed by atoms with Crippen molar-refractivity contribution in [3.8, 4) is 5.75 Å². The smallest absolute Gasteiger partial charge is 0.244 e. The maximum atomic E-state index is 13.7. The summed E-state index contributed by atoms with van der Waals surface area (Å²) in [7, 11) is -3.82. The molecule has 0 saturated carbocycles. The Balaban J connectivity index is 2.43. The molecule has 2 aromatic carbocycles. The van der Waals surface area contributed by atoms with Crippen LogP contribution in [0.4, 0.5) is 5.69 Å². The van der Waals surface area contributed by atoms with Crippen LogP contribution in [0, 0.1) is 0 Å². The largest absolute Gasteiger partial charge is 0.494 e. The third kappa shape index (κ3) is 8.28. The normalized spacial score (nSPS) is 12.1. The Hall–Kier alpha value is -2.49. The molecule has 11 heteroatoms. The third-order valence-electron chi connectivity index (χ3n) is 5.41. The number of rotatable bonds is 13. The lowest BCUT2D eigenvalue weighted by Gasteiger charge is -2.33. The first-order valence-corrected chi connectivity index (χ1v) is 14.3. The summed E-state index contributed by atoms with van der Waals surface area (Å²) in [6.07, 6.45) is 2.09. The highest BCUT2D eigenvalue weighted by Crippen LogP contribution is 2.25. The minimum atomic E-state index is -3.82. The van der Waals surface area contributed by atoms with Gasteiger partial charge in [-0.2, -0.15) is 0 Å². The van der Waals surface area contributed by atoms with E-state index in [0.717, 1.165) is 17.0 Å². The Bertz CT molecular complexity index is 1140. The van der Waals surface area contributed by atoms with Crippen LogP contribution in [-0.2, 0) is 26.2 Å². The van der Waals surface area contributed by atoms with Crippen LogP contribution >= 0.6 is 23.2 Å². The number of hydrogen-bond donors (Lipinski definition) is 1. The molecular weight excluding hydrogens is 525 g/mol. The summed E-state index contributed by atoms with van der Waals surface area (Å²) in [5, 5.41) is 3.61. The number of nitrogens with one attached hydrogen (secondary N) is 1. The molecule has 0 aliphatic heterocycles. The van der Waals surface area contributed by atoms with E-state index in [1.54, 1.807) is 49.4 Å². The Kier molecular flexibility index (Phi) is 11.3. The second-order valence-electron chi connectivity index (χ2n) is 8.17. The zero-order chi connectivity index (χ0) is 26.9. The van der Waals surface area contributed by atoms with E-state index >= 15 is 0 Å². The molecular formula is C25H33Cl2N3O5S. The van der Waals surface area contributed by atoms with Gasteiger partial charge in [-0.25, -0.2) is 8.42 Å². The van der Waals surface area contributed by atoms with Crippen molar-refractivity contribution in [2.24, 2.45) is 0 Å². The van der Waals surface area contributed by atoms with E-state index < -0.39 is 28.5 Å². The molecule has 0 spiro atoms. The molecule has 198 valence electrons. The van der Waals surface area contributed by atoms with Gasteiger partial charge in [-0.1, -0.05) is 43.1 Å². The first-order chi connectivity index (χ1) is 17.0. The van der Waals surface area contributed by atoms with Crippen LogP contribution in [0.3, 0.4) is 0 Å². The van der Waals surface area contributed by atoms with Gasteiger partial charge in [0.25, 0.3) is 0 Å². The van der Waals surface area contributed by atoms with Crippen molar-refractivity contribution in [1.82, 2.24) is 10.2 Å². The van der Waals surface area contributed by atoms with Crippen molar-refractivity contribution < 1.29 is 22.7 Å². The van der Waals surface area contributed by atoms with E-state index in [1.165, 1.54) is 4.90 Å². The average molecular weight is 559 g/mol. The summed E-state index contributed by atoms with van der Waals surface area (Å²) >= 11 is 12.4. The van der Waals surface area contributed by atoms with E-state index in [1.807, 2.05) is 13.8 Å². The molecule has 0 saturated heterocycles. The third-order valence-corrected chi connectivity index (χ3v) is 7.13.